The molecule has 212 valence electrons. The van der Waals surface area contributed by atoms with E-state index in [2.05, 4.69) is 83.1 Å². The van der Waals surface area contributed by atoms with E-state index in [-0.39, 0.29) is 36.6 Å². The maximum absolute atomic E-state index is 6.64. The van der Waals surface area contributed by atoms with E-state index in [4.69, 9.17) is 26.6 Å². The average Bonchev–Trinajstić information content (AvgIpc) is 2.82. The van der Waals surface area contributed by atoms with Crippen molar-refractivity contribution < 1.29 is 26.6 Å². The van der Waals surface area contributed by atoms with Crippen LogP contribution in [0.1, 0.15) is 128 Å². The molecule has 0 saturated heterocycles. The minimum absolute atomic E-state index is 0.0841. The van der Waals surface area contributed by atoms with E-state index >= 15 is 0 Å². The van der Waals surface area contributed by atoms with E-state index < -0.39 is 17.6 Å². The average molecular weight is 537 g/mol. The third-order valence-corrected chi connectivity index (χ3v) is 13.2. The molecule has 0 aromatic heterocycles. The Labute approximate surface area is 220 Å². The lowest BCUT2D eigenvalue weighted by molar-refractivity contribution is -0.0151. The summed E-state index contributed by atoms with van der Waals surface area (Å²) in [6.45, 7) is 25.6. The third-order valence-electron chi connectivity index (χ3n) is 6.70. The van der Waals surface area contributed by atoms with Gasteiger partial charge in [-0.2, -0.15) is 0 Å². The van der Waals surface area contributed by atoms with Gasteiger partial charge >= 0.3 is 17.6 Å². The molecular formula is C27H60O6Si2. The molecule has 0 saturated carbocycles. The lowest BCUT2D eigenvalue weighted by Gasteiger charge is -2.38. The highest BCUT2D eigenvalue weighted by Crippen LogP contribution is 2.31. The maximum Gasteiger partial charge on any atom is 0.501 e. The topological polar surface area (TPSA) is 55.4 Å². The fourth-order valence-electron chi connectivity index (χ4n) is 3.38. The molecule has 0 fully saturated rings. The van der Waals surface area contributed by atoms with Crippen LogP contribution in [-0.2, 0) is 26.6 Å². The van der Waals surface area contributed by atoms with Crippen LogP contribution in [0.4, 0.5) is 0 Å². The summed E-state index contributed by atoms with van der Waals surface area (Å²) < 4.78 is 39.8. The second kappa shape index (κ2) is 18.4. The van der Waals surface area contributed by atoms with E-state index in [0.717, 1.165) is 57.0 Å². The van der Waals surface area contributed by atoms with Crippen molar-refractivity contribution in [1.29, 1.82) is 0 Å². The molecule has 6 unspecified atom stereocenters. The first kappa shape index (κ1) is 35.2. The van der Waals surface area contributed by atoms with Crippen molar-refractivity contribution in [2.75, 3.05) is 0 Å². The summed E-state index contributed by atoms with van der Waals surface area (Å²) in [5, 5.41) is 0. The molecule has 6 atom stereocenters. The predicted molar refractivity (Wildman–Crippen MR) is 151 cm³/mol. The number of hydrogen-bond acceptors (Lipinski definition) is 6. The minimum atomic E-state index is -2.94. The molecule has 0 aromatic rings. The van der Waals surface area contributed by atoms with Crippen LogP contribution in [0, 0.1) is 0 Å². The second-order valence-electron chi connectivity index (χ2n) is 10.2. The van der Waals surface area contributed by atoms with Gasteiger partial charge in [0.25, 0.3) is 0 Å². The summed E-state index contributed by atoms with van der Waals surface area (Å²) >= 11 is 0. The smallest absolute Gasteiger partial charge is 0.371 e. The Hall–Kier alpha value is 0.194. The van der Waals surface area contributed by atoms with Crippen LogP contribution in [0.5, 0.6) is 0 Å². The van der Waals surface area contributed by atoms with Crippen molar-refractivity contribution in [3.63, 3.8) is 0 Å². The van der Waals surface area contributed by atoms with Gasteiger partial charge in [-0.05, 0) is 86.5 Å². The summed E-state index contributed by atoms with van der Waals surface area (Å²) in [4.78, 5) is 0. The van der Waals surface area contributed by atoms with Crippen LogP contribution >= 0.6 is 0 Å². The van der Waals surface area contributed by atoms with Gasteiger partial charge in [0.15, 0.2) is 0 Å². The first-order chi connectivity index (χ1) is 16.4. The van der Waals surface area contributed by atoms with E-state index in [1.165, 1.54) is 0 Å². The zero-order valence-corrected chi connectivity index (χ0v) is 27.3. The summed E-state index contributed by atoms with van der Waals surface area (Å²) in [5.74, 6) is 0. The first-order valence-corrected chi connectivity index (χ1v) is 18.4. The molecule has 0 amide bonds. The largest absolute Gasteiger partial charge is 0.501 e. The highest BCUT2D eigenvalue weighted by Gasteiger charge is 2.49. The molecule has 6 nitrogen and oxygen atoms in total. The van der Waals surface area contributed by atoms with Crippen LogP contribution in [0.15, 0.2) is 0 Å². The molecule has 0 aliphatic heterocycles. The van der Waals surface area contributed by atoms with E-state index in [9.17, 15) is 0 Å². The SMILES string of the molecule is CCC(C)O[Si](CCC[Si](OC(C)CC)(OC(C)CC)OC(C)CC)(OC(C)CC)OC(C)CC. The van der Waals surface area contributed by atoms with Gasteiger partial charge in [0, 0.05) is 48.7 Å². The monoisotopic (exact) mass is 536 g/mol. The summed E-state index contributed by atoms with van der Waals surface area (Å²) in [5.41, 5.74) is 0. The van der Waals surface area contributed by atoms with Crippen molar-refractivity contribution in [2.45, 2.75) is 177 Å². The molecule has 0 radical (unpaired) electrons. The molecule has 0 aromatic carbocycles. The first-order valence-electron chi connectivity index (χ1n) is 14.5. The van der Waals surface area contributed by atoms with Gasteiger partial charge in [0.05, 0.1) is 0 Å². The van der Waals surface area contributed by atoms with Gasteiger partial charge < -0.3 is 26.6 Å². The van der Waals surface area contributed by atoms with Crippen molar-refractivity contribution in [2.24, 2.45) is 0 Å². The van der Waals surface area contributed by atoms with Gasteiger partial charge in [-0.25, -0.2) is 0 Å². The van der Waals surface area contributed by atoms with Crippen LogP contribution in [-0.4, -0.2) is 54.2 Å². The lowest BCUT2D eigenvalue weighted by atomic mass is 10.3. The summed E-state index contributed by atoms with van der Waals surface area (Å²) in [7, 11) is -5.87. The Morgan fingerprint density at radius 3 is 0.686 bits per heavy atom. The van der Waals surface area contributed by atoms with E-state index in [1.807, 2.05) is 0 Å². The Balaban J connectivity index is 6.03. The van der Waals surface area contributed by atoms with Gasteiger partial charge in [0.1, 0.15) is 0 Å². The highest BCUT2D eigenvalue weighted by atomic mass is 28.4. The van der Waals surface area contributed by atoms with E-state index in [0.29, 0.717) is 0 Å². The van der Waals surface area contributed by atoms with Gasteiger partial charge in [-0.1, -0.05) is 41.5 Å². The summed E-state index contributed by atoms with van der Waals surface area (Å²) in [6.07, 6.45) is 6.87. The molecule has 35 heavy (non-hydrogen) atoms. The van der Waals surface area contributed by atoms with Gasteiger partial charge in [-0.3, -0.25) is 0 Å². The van der Waals surface area contributed by atoms with Crippen molar-refractivity contribution >= 4 is 17.6 Å². The molecule has 0 heterocycles. The zero-order chi connectivity index (χ0) is 27.1. The lowest BCUT2D eigenvalue weighted by Crippen LogP contribution is -2.53. The Bertz CT molecular complexity index is 417. The number of rotatable bonds is 22. The van der Waals surface area contributed by atoms with Crippen LogP contribution in [0.25, 0.3) is 0 Å². The normalized spacial score (nSPS) is 20.9. The van der Waals surface area contributed by atoms with Crippen molar-refractivity contribution in [3.8, 4) is 0 Å². The number of hydrogen-bond donors (Lipinski definition) is 0. The quantitative estimate of drug-likeness (QED) is 0.130. The molecule has 0 aliphatic carbocycles. The molecule has 0 aliphatic rings. The fourth-order valence-corrected chi connectivity index (χ4v) is 10.7. The van der Waals surface area contributed by atoms with Crippen LogP contribution in [0.3, 0.4) is 0 Å². The molecule has 8 heteroatoms. The molecule has 0 N–H and O–H groups in total. The minimum Gasteiger partial charge on any atom is -0.371 e. The van der Waals surface area contributed by atoms with Crippen molar-refractivity contribution in [3.05, 3.63) is 0 Å². The maximum atomic E-state index is 6.64. The highest BCUT2D eigenvalue weighted by molar-refractivity contribution is 6.62. The third kappa shape index (κ3) is 14.1. The van der Waals surface area contributed by atoms with Crippen molar-refractivity contribution in [1.82, 2.24) is 0 Å². The summed E-state index contributed by atoms with van der Waals surface area (Å²) in [6, 6.07) is 1.47. The standard InChI is InChI=1S/C27H60O6Si2/c1-13-22(7)28-34(29-23(8)14-2,30-24(9)15-3)20-19-21-35(31-25(10)16-4,32-26(11)17-5)33-27(12)18-6/h22-27H,13-21H2,1-12H3. The molecule has 0 spiro atoms. The van der Waals surface area contributed by atoms with Crippen LogP contribution < -0.4 is 0 Å². The second-order valence-corrected chi connectivity index (χ2v) is 15.4. The Kier molecular flexibility index (Phi) is 18.5. The Morgan fingerprint density at radius 2 is 0.543 bits per heavy atom. The molecule has 0 bridgehead atoms. The molecule has 0 rings (SSSR count). The van der Waals surface area contributed by atoms with Gasteiger partial charge in [-0.15, -0.1) is 0 Å². The van der Waals surface area contributed by atoms with Crippen LogP contribution in [0.2, 0.25) is 12.1 Å². The molecular weight excluding hydrogens is 476 g/mol. The van der Waals surface area contributed by atoms with Gasteiger partial charge in [0.2, 0.25) is 0 Å². The Morgan fingerprint density at radius 1 is 0.371 bits per heavy atom. The van der Waals surface area contributed by atoms with E-state index in [1.54, 1.807) is 0 Å². The predicted octanol–water partition coefficient (Wildman–Crippen LogP) is 8.14. The fraction of sp³-hybridized carbons (Fsp3) is 1.00. The zero-order valence-electron chi connectivity index (χ0n) is 25.3.